The van der Waals surface area contributed by atoms with Crippen LogP contribution in [0.15, 0.2) is 24.3 Å². The van der Waals surface area contributed by atoms with Gasteiger partial charge >= 0.3 is 0 Å². The van der Waals surface area contributed by atoms with Crippen LogP contribution in [0.5, 0.6) is 0 Å². The molecule has 2 aromatic rings. The summed E-state index contributed by atoms with van der Waals surface area (Å²) in [5.41, 5.74) is 1.11. The second-order valence-electron chi connectivity index (χ2n) is 5.54. The highest BCUT2D eigenvalue weighted by molar-refractivity contribution is 5.97. The van der Waals surface area contributed by atoms with Crippen LogP contribution in [0, 0.1) is 11.7 Å². The summed E-state index contributed by atoms with van der Waals surface area (Å²) in [6.07, 6.45) is 3.16. The molecule has 1 saturated heterocycles. The molecular weight excluding hydrogens is 271 g/mol. The number of fused-ring (bicyclic) bond motifs is 1. The maximum Gasteiger partial charge on any atom is 0.267 e. The lowest BCUT2D eigenvalue weighted by Gasteiger charge is -2.07. The molecule has 1 fully saturated rings. The first kappa shape index (κ1) is 14.1. The quantitative estimate of drug-likeness (QED) is 0.832. The average molecular weight is 290 g/mol. The van der Waals surface area contributed by atoms with Crippen molar-refractivity contribution < 1.29 is 13.9 Å². The SMILES string of the molecule is O=C(NCCCC1CCOC1)c1cc2ccc(F)cc2[nH]1. The number of rotatable bonds is 5. The summed E-state index contributed by atoms with van der Waals surface area (Å²) >= 11 is 0. The number of hydrogen-bond donors (Lipinski definition) is 2. The topological polar surface area (TPSA) is 54.1 Å². The molecule has 1 amide bonds. The number of aromatic nitrogens is 1. The van der Waals surface area contributed by atoms with Crippen molar-refractivity contribution in [2.45, 2.75) is 19.3 Å². The third kappa shape index (κ3) is 3.42. The van der Waals surface area contributed by atoms with Gasteiger partial charge in [-0.3, -0.25) is 4.79 Å². The summed E-state index contributed by atoms with van der Waals surface area (Å²) in [4.78, 5) is 15.0. The van der Waals surface area contributed by atoms with E-state index in [1.807, 2.05) is 0 Å². The number of nitrogens with one attached hydrogen (secondary N) is 2. The van der Waals surface area contributed by atoms with Crippen LogP contribution in [0.2, 0.25) is 0 Å². The van der Waals surface area contributed by atoms with Crippen molar-refractivity contribution in [2.24, 2.45) is 5.92 Å². The molecule has 112 valence electrons. The third-order valence-electron chi connectivity index (χ3n) is 3.93. The standard InChI is InChI=1S/C16H19FN2O2/c17-13-4-3-12-8-15(19-14(12)9-13)16(20)18-6-1-2-11-5-7-21-10-11/h3-4,8-9,11,19H,1-2,5-7,10H2,(H,18,20). The van der Waals surface area contributed by atoms with Gasteiger partial charge < -0.3 is 15.0 Å². The van der Waals surface area contributed by atoms with Gasteiger partial charge in [0.15, 0.2) is 0 Å². The van der Waals surface area contributed by atoms with Crippen LogP contribution < -0.4 is 5.32 Å². The van der Waals surface area contributed by atoms with Gasteiger partial charge in [-0.05, 0) is 49.4 Å². The molecule has 4 nitrogen and oxygen atoms in total. The van der Waals surface area contributed by atoms with Crippen molar-refractivity contribution in [2.75, 3.05) is 19.8 Å². The number of ether oxygens (including phenoxy) is 1. The summed E-state index contributed by atoms with van der Waals surface area (Å²) in [7, 11) is 0. The van der Waals surface area contributed by atoms with Crippen molar-refractivity contribution in [1.29, 1.82) is 0 Å². The lowest BCUT2D eigenvalue weighted by Crippen LogP contribution is -2.25. The van der Waals surface area contributed by atoms with E-state index < -0.39 is 0 Å². The van der Waals surface area contributed by atoms with E-state index in [4.69, 9.17) is 4.74 Å². The molecule has 1 aliphatic heterocycles. The Morgan fingerprint density at radius 2 is 2.33 bits per heavy atom. The number of benzene rings is 1. The fourth-order valence-corrected chi connectivity index (χ4v) is 2.72. The Kier molecular flexibility index (Phi) is 4.20. The molecule has 3 rings (SSSR count). The number of carbonyl (C=O) groups excluding carboxylic acids is 1. The molecule has 0 bridgehead atoms. The predicted molar refractivity (Wildman–Crippen MR) is 78.7 cm³/mol. The van der Waals surface area contributed by atoms with Crippen LogP contribution in [-0.4, -0.2) is 30.6 Å². The fraction of sp³-hybridized carbons (Fsp3) is 0.438. The number of carbonyl (C=O) groups is 1. The molecule has 21 heavy (non-hydrogen) atoms. The second-order valence-corrected chi connectivity index (χ2v) is 5.54. The van der Waals surface area contributed by atoms with Crippen LogP contribution >= 0.6 is 0 Å². The smallest absolute Gasteiger partial charge is 0.267 e. The summed E-state index contributed by atoms with van der Waals surface area (Å²) in [6, 6.07) is 6.20. The van der Waals surface area contributed by atoms with Gasteiger partial charge in [-0.1, -0.05) is 0 Å². The first-order valence-electron chi connectivity index (χ1n) is 7.36. The van der Waals surface area contributed by atoms with Gasteiger partial charge in [-0.15, -0.1) is 0 Å². The Hall–Kier alpha value is -1.88. The summed E-state index contributed by atoms with van der Waals surface area (Å²) < 4.78 is 18.4. The van der Waals surface area contributed by atoms with Crippen LogP contribution in [0.3, 0.4) is 0 Å². The van der Waals surface area contributed by atoms with Gasteiger partial charge in [0, 0.05) is 30.7 Å². The Morgan fingerprint density at radius 1 is 1.43 bits per heavy atom. The van der Waals surface area contributed by atoms with Gasteiger partial charge in [0.05, 0.1) is 0 Å². The van der Waals surface area contributed by atoms with Crippen molar-refractivity contribution in [3.63, 3.8) is 0 Å². The molecule has 2 N–H and O–H groups in total. The van der Waals surface area contributed by atoms with Crippen molar-refractivity contribution in [1.82, 2.24) is 10.3 Å². The molecule has 0 aliphatic carbocycles. The summed E-state index contributed by atoms with van der Waals surface area (Å²) in [5, 5.41) is 3.73. The zero-order valence-electron chi connectivity index (χ0n) is 11.8. The van der Waals surface area contributed by atoms with Gasteiger partial charge in [0.25, 0.3) is 5.91 Å². The minimum atomic E-state index is -0.310. The highest BCUT2D eigenvalue weighted by atomic mass is 19.1. The molecule has 5 heteroatoms. The van der Waals surface area contributed by atoms with Gasteiger partial charge in [-0.25, -0.2) is 4.39 Å². The van der Waals surface area contributed by atoms with Crippen LogP contribution in [-0.2, 0) is 4.74 Å². The zero-order chi connectivity index (χ0) is 14.7. The lowest BCUT2D eigenvalue weighted by atomic mass is 10.0. The van der Waals surface area contributed by atoms with Crippen LogP contribution in [0.1, 0.15) is 29.8 Å². The fourth-order valence-electron chi connectivity index (χ4n) is 2.72. The van der Waals surface area contributed by atoms with E-state index in [0.29, 0.717) is 23.7 Å². The zero-order valence-corrected chi connectivity index (χ0v) is 11.8. The molecule has 1 aliphatic rings. The molecule has 1 aromatic carbocycles. The van der Waals surface area contributed by atoms with E-state index in [0.717, 1.165) is 37.9 Å². The van der Waals surface area contributed by atoms with Crippen molar-refractivity contribution >= 4 is 16.8 Å². The predicted octanol–water partition coefficient (Wildman–Crippen LogP) is 2.85. The van der Waals surface area contributed by atoms with Crippen molar-refractivity contribution in [3.8, 4) is 0 Å². The first-order valence-corrected chi connectivity index (χ1v) is 7.36. The molecule has 1 unspecified atom stereocenters. The molecular formula is C16H19FN2O2. The third-order valence-corrected chi connectivity index (χ3v) is 3.93. The van der Waals surface area contributed by atoms with E-state index in [-0.39, 0.29) is 11.7 Å². The van der Waals surface area contributed by atoms with Crippen molar-refractivity contribution in [3.05, 3.63) is 35.8 Å². The summed E-state index contributed by atoms with van der Waals surface area (Å²) in [5.74, 6) is 0.183. The number of aromatic amines is 1. The van der Waals surface area contributed by atoms with Crippen LogP contribution in [0.4, 0.5) is 4.39 Å². The number of amides is 1. The maximum atomic E-state index is 13.1. The highest BCUT2D eigenvalue weighted by Crippen LogP contribution is 2.18. The minimum absolute atomic E-state index is 0.144. The number of halogens is 1. The van der Waals surface area contributed by atoms with Gasteiger partial charge in [0.2, 0.25) is 0 Å². The molecule has 1 aromatic heterocycles. The van der Waals surface area contributed by atoms with Gasteiger partial charge in [0.1, 0.15) is 11.5 Å². The maximum absolute atomic E-state index is 13.1. The molecule has 0 saturated carbocycles. The highest BCUT2D eigenvalue weighted by Gasteiger charge is 2.15. The first-order chi connectivity index (χ1) is 10.2. The van der Waals surface area contributed by atoms with E-state index in [1.54, 1.807) is 12.1 Å². The minimum Gasteiger partial charge on any atom is -0.381 e. The Labute approximate surface area is 122 Å². The Morgan fingerprint density at radius 3 is 3.14 bits per heavy atom. The molecule has 2 heterocycles. The monoisotopic (exact) mass is 290 g/mol. The van der Waals surface area contributed by atoms with E-state index in [2.05, 4.69) is 10.3 Å². The largest absolute Gasteiger partial charge is 0.381 e. The second kappa shape index (κ2) is 6.26. The van der Waals surface area contributed by atoms with E-state index in [9.17, 15) is 9.18 Å². The van der Waals surface area contributed by atoms with E-state index in [1.165, 1.54) is 12.1 Å². The number of H-pyrrole nitrogens is 1. The number of hydrogen-bond acceptors (Lipinski definition) is 2. The Bertz CT molecular complexity index is 632. The molecule has 0 radical (unpaired) electrons. The average Bonchev–Trinajstić information content (AvgIpc) is 3.11. The molecule has 0 spiro atoms. The van der Waals surface area contributed by atoms with Crippen LogP contribution in [0.25, 0.3) is 10.9 Å². The Balaban J connectivity index is 1.51. The summed E-state index contributed by atoms with van der Waals surface area (Å²) in [6.45, 7) is 2.36. The van der Waals surface area contributed by atoms with E-state index >= 15 is 0 Å². The van der Waals surface area contributed by atoms with Gasteiger partial charge in [-0.2, -0.15) is 0 Å². The molecule has 1 atom stereocenters. The lowest BCUT2D eigenvalue weighted by molar-refractivity contribution is 0.0948. The normalized spacial score (nSPS) is 18.2.